The van der Waals surface area contributed by atoms with Gasteiger partial charge in [-0.25, -0.2) is 13.1 Å². The van der Waals surface area contributed by atoms with E-state index in [2.05, 4.69) is 21.5 Å². The first-order chi connectivity index (χ1) is 10.9. The molecule has 0 aliphatic heterocycles. The summed E-state index contributed by atoms with van der Waals surface area (Å²) < 4.78 is 28.0. The van der Waals surface area contributed by atoms with Gasteiger partial charge in [-0.2, -0.15) is 11.3 Å². The molecule has 1 aliphatic rings. The molecule has 1 saturated carbocycles. The number of halogens is 1. The molecule has 0 saturated heterocycles. The van der Waals surface area contributed by atoms with Gasteiger partial charge in [0.05, 0.1) is 4.90 Å². The predicted molar refractivity (Wildman–Crippen MR) is 95.8 cm³/mol. The van der Waals surface area contributed by atoms with Gasteiger partial charge >= 0.3 is 0 Å². The second kappa shape index (κ2) is 6.55. The van der Waals surface area contributed by atoms with E-state index < -0.39 is 10.0 Å². The van der Waals surface area contributed by atoms with E-state index in [9.17, 15) is 8.42 Å². The van der Waals surface area contributed by atoms with Gasteiger partial charge in [-0.1, -0.05) is 30.5 Å². The van der Waals surface area contributed by atoms with Gasteiger partial charge in [-0.3, -0.25) is 0 Å². The summed E-state index contributed by atoms with van der Waals surface area (Å²) in [5, 5.41) is 4.67. The van der Waals surface area contributed by atoms with E-state index >= 15 is 0 Å². The maximum atomic E-state index is 12.6. The highest BCUT2D eigenvalue weighted by Gasteiger charge is 2.37. The zero-order valence-corrected chi connectivity index (χ0v) is 15.4. The van der Waals surface area contributed by atoms with E-state index in [-0.39, 0.29) is 10.3 Å². The largest absolute Gasteiger partial charge is 0.240 e. The molecule has 0 radical (unpaired) electrons. The van der Waals surface area contributed by atoms with E-state index in [0.717, 1.165) is 31.2 Å². The highest BCUT2D eigenvalue weighted by Crippen LogP contribution is 2.41. The Kier molecular flexibility index (Phi) is 4.83. The van der Waals surface area contributed by atoms with Crippen LogP contribution in [0.2, 0.25) is 5.02 Å². The maximum Gasteiger partial charge on any atom is 0.240 e. The smallest absolute Gasteiger partial charge is 0.210 e. The van der Waals surface area contributed by atoms with Crippen LogP contribution in [0.5, 0.6) is 0 Å². The fourth-order valence-electron chi connectivity index (χ4n) is 3.24. The third kappa shape index (κ3) is 3.48. The lowest BCUT2D eigenvalue weighted by Crippen LogP contribution is -2.38. The molecule has 0 spiro atoms. The van der Waals surface area contributed by atoms with E-state index in [0.29, 0.717) is 11.6 Å². The molecule has 0 atom stereocenters. The molecule has 3 rings (SSSR count). The van der Waals surface area contributed by atoms with Gasteiger partial charge in [0.2, 0.25) is 10.0 Å². The van der Waals surface area contributed by atoms with Crippen LogP contribution >= 0.6 is 22.9 Å². The number of benzene rings is 1. The van der Waals surface area contributed by atoms with Crippen LogP contribution in [-0.4, -0.2) is 15.0 Å². The molecule has 6 heteroatoms. The van der Waals surface area contributed by atoms with Gasteiger partial charge in [0, 0.05) is 17.0 Å². The highest BCUT2D eigenvalue weighted by atomic mass is 35.5. The summed E-state index contributed by atoms with van der Waals surface area (Å²) >= 11 is 7.73. The van der Waals surface area contributed by atoms with Crippen molar-refractivity contribution >= 4 is 33.0 Å². The van der Waals surface area contributed by atoms with Crippen molar-refractivity contribution in [1.29, 1.82) is 0 Å². The van der Waals surface area contributed by atoms with E-state index in [1.165, 1.54) is 11.6 Å². The van der Waals surface area contributed by atoms with Gasteiger partial charge in [0.15, 0.2) is 0 Å². The molecule has 1 aliphatic carbocycles. The summed E-state index contributed by atoms with van der Waals surface area (Å²) in [7, 11) is -3.55. The van der Waals surface area contributed by atoms with Crippen molar-refractivity contribution < 1.29 is 8.42 Å². The minimum atomic E-state index is -3.55. The molecule has 124 valence electrons. The molecule has 1 N–H and O–H groups in total. The Bertz CT molecular complexity index is 779. The van der Waals surface area contributed by atoms with Crippen LogP contribution < -0.4 is 4.72 Å². The molecule has 1 aromatic carbocycles. The van der Waals surface area contributed by atoms with Crippen molar-refractivity contribution in [3.8, 4) is 0 Å². The highest BCUT2D eigenvalue weighted by molar-refractivity contribution is 7.89. The van der Waals surface area contributed by atoms with Crippen LogP contribution in [-0.2, 0) is 15.4 Å². The quantitative estimate of drug-likeness (QED) is 0.843. The minimum absolute atomic E-state index is 0.0679. The summed E-state index contributed by atoms with van der Waals surface area (Å²) in [6.45, 7) is 2.30. The van der Waals surface area contributed by atoms with Crippen molar-refractivity contribution in [2.45, 2.75) is 42.9 Å². The molecular weight excluding hydrogens is 350 g/mol. The van der Waals surface area contributed by atoms with Gasteiger partial charge in [0.25, 0.3) is 0 Å². The average Bonchev–Trinajstić information content (AvgIpc) is 3.19. The second-order valence-electron chi connectivity index (χ2n) is 6.24. The van der Waals surface area contributed by atoms with Crippen molar-refractivity contribution in [3.63, 3.8) is 0 Å². The van der Waals surface area contributed by atoms with Crippen LogP contribution in [0.1, 0.15) is 36.8 Å². The van der Waals surface area contributed by atoms with Crippen LogP contribution in [0.4, 0.5) is 0 Å². The number of rotatable bonds is 5. The fraction of sp³-hybridized carbons (Fsp3) is 0.412. The first-order valence-corrected chi connectivity index (χ1v) is 10.5. The summed E-state index contributed by atoms with van der Waals surface area (Å²) in [5.41, 5.74) is 2.06. The Morgan fingerprint density at radius 3 is 2.61 bits per heavy atom. The lowest BCUT2D eigenvalue weighted by Gasteiger charge is -2.28. The van der Waals surface area contributed by atoms with Crippen molar-refractivity contribution in [3.05, 3.63) is 51.2 Å². The van der Waals surface area contributed by atoms with Crippen LogP contribution in [0.25, 0.3) is 0 Å². The number of hydrogen-bond acceptors (Lipinski definition) is 3. The third-order valence-corrected chi connectivity index (χ3v) is 7.24. The summed E-state index contributed by atoms with van der Waals surface area (Å²) in [4.78, 5) is 0.228. The fourth-order valence-corrected chi connectivity index (χ4v) is 5.42. The molecule has 0 amide bonds. The lowest BCUT2D eigenvalue weighted by atomic mass is 9.81. The maximum absolute atomic E-state index is 12.6. The van der Waals surface area contributed by atoms with Crippen molar-refractivity contribution in [1.82, 2.24) is 4.72 Å². The molecule has 1 fully saturated rings. The van der Waals surface area contributed by atoms with Crippen LogP contribution in [0.3, 0.4) is 0 Å². The summed E-state index contributed by atoms with van der Waals surface area (Å²) in [5.74, 6) is 0. The van der Waals surface area contributed by atoms with Crippen molar-refractivity contribution in [2.75, 3.05) is 6.54 Å². The first-order valence-electron chi connectivity index (χ1n) is 7.71. The SMILES string of the molecule is Cc1ccc(S(=O)(=O)NCC2(c3ccsc3)CCCC2)cc1Cl. The lowest BCUT2D eigenvalue weighted by molar-refractivity contribution is 0.433. The molecule has 2 aromatic rings. The molecule has 1 aromatic heterocycles. The molecule has 0 unspecified atom stereocenters. The first kappa shape index (κ1) is 17.0. The number of aryl methyl sites for hydroxylation is 1. The molecular formula is C17H20ClNO2S2. The number of sulfonamides is 1. The molecule has 0 bridgehead atoms. The van der Waals surface area contributed by atoms with Gasteiger partial charge in [-0.15, -0.1) is 0 Å². The van der Waals surface area contributed by atoms with Crippen molar-refractivity contribution in [2.24, 2.45) is 0 Å². The van der Waals surface area contributed by atoms with Crippen LogP contribution in [0, 0.1) is 6.92 Å². The van der Waals surface area contributed by atoms with Gasteiger partial charge < -0.3 is 0 Å². The monoisotopic (exact) mass is 369 g/mol. The summed E-state index contributed by atoms with van der Waals surface area (Å²) in [6.07, 6.45) is 4.35. The Morgan fingerprint density at radius 1 is 1.26 bits per heavy atom. The molecule has 23 heavy (non-hydrogen) atoms. The zero-order chi connectivity index (χ0) is 16.5. The third-order valence-electron chi connectivity index (χ3n) is 4.75. The minimum Gasteiger partial charge on any atom is -0.210 e. The number of hydrogen-bond donors (Lipinski definition) is 1. The number of thiophene rings is 1. The number of nitrogens with one attached hydrogen (secondary N) is 1. The van der Waals surface area contributed by atoms with Crippen LogP contribution in [0.15, 0.2) is 39.9 Å². The average molecular weight is 370 g/mol. The Hall–Kier alpha value is -0.880. The molecule has 3 nitrogen and oxygen atoms in total. The van der Waals surface area contributed by atoms with Gasteiger partial charge in [0.1, 0.15) is 0 Å². The summed E-state index contributed by atoms with van der Waals surface area (Å²) in [6, 6.07) is 6.98. The van der Waals surface area contributed by atoms with E-state index in [4.69, 9.17) is 11.6 Å². The van der Waals surface area contributed by atoms with Gasteiger partial charge in [-0.05, 0) is 59.9 Å². The Balaban J connectivity index is 1.81. The molecule has 1 heterocycles. The topological polar surface area (TPSA) is 46.2 Å². The normalized spacial score (nSPS) is 17.5. The standard InChI is InChI=1S/C17H20ClNO2S2/c1-13-4-5-15(10-16(13)18)23(20,21)19-12-17(7-2-3-8-17)14-6-9-22-11-14/h4-6,9-11,19H,2-3,7-8,12H2,1H3. The zero-order valence-electron chi connectivity index (χ0n) is 13.0. The second-order valence-corrected chi connectivity index (χ2v) is 9.19. The Morgan fingerprint density at radius 2 is 2.00 bits per heavy atom. The predicted octanol–water partition coefficient (Wildman–Crippen LogP) is 4.50. The van der Waals surface area contributed by atoms with E-state index in [1.807, 2.05) is 6.92 Å². The van der Waals surface area contributed by atoms with E-state index in [1.54, 1.807) is 23.5 Å². The Labute approximate surface area is 146 Å².